The number of nitrogens with one attached hydrogen (secondary N) is 1. The van der Waals surface area contributed by atoms with Gasteiger partial charge in [-0.2, -0.15) is 0 Å². The lowest BCUT2D eigenvalue weighted by Crippen LogP contribution is -2.18. The molecule has 0 fully saturated rings. The molecule has 10 heavy (non-hydrogen) atoms. The topological polar surface area (TPSA) is 38.0 Å². The summed E-state index contributed by atoms with van der Waals surface area (Å²) in [4.78, 5) is 0. The second-order valence-corrected chi connectivity index (χ2v) is 2.29. The molecule has 0 unspecified atom stereocenters. The van der Waals surface area contributed by atoms with Crippen LogP contribution in [0.1, 0.15) is 19.3 Å². The van der Waals surface area contributed by atoms with Gasteiger partial charge in [-0.1, -0.05) is 6.42 Å². The fraction of sp³-hybridized carbons (Fsp3) is 1.00. The van der Waals surface area contributed by atoms with E-state index < -0.39 is 0 Å². The van der Waals surface area contributed by atoms with Gasteiger partial charge in [0.05, 0.1) is 0 Å². The van der Waals surface area contributed by atoms with Gasteiger partial charge in [0.25, 0.3) is 0 Å². The maximum absolute atomic E-state index is 11.5. The second kappa shape index (κ2) is 8.85. The average Bonchev–Trinajstić information content (AvgIpc) is 1.97. The van der Waals surface area contributed by atoms with Crippen molar-refractivity contribution in [3.05, 3.63) is 0 Å². The van der Waals surface area contributed by atoms with Gasteiger partial charge in [0.15, 0.2) is 0 Å². The molecule has 0 aliphatic heterocycles. The zero-order chi connectivity index (χ0) is 7.66. The molecule has 0 aromatic heterocycles. The van der Waals surface area contributed by atoms with Gasteiger partial charge < -0.3 is 11.1 Å². The smallest absolute Gasteiger partial charge is 0.102 e. The molecule has 3 heteroatoms. The highest BCUT2D eigenvalue weighted by atomic mass is 19.1. The van der Waals surface area contributed by atoms with Gasteiger partial charge in [-0.15, -0.1) is 0 Å². The molecule has 0 atom stereocenters. The summed E-state index contributed by atoms with van der Waals surface area (Å²) in [7, 11) is 0. The monoisotopic (exact) mass is 148 g/mol. The van der Waals surface area contributed by atoms with Crippen molar-refractivity contribution < 1.29 is 4.39 Å². The highest BCUT2D eigenvalue weighted by Gasteiger charge is 1.86. The number of alkyl halides is 1. The Kier molecular flexibility index (Phi) is 8.72. The van der Waals surface area contributed by atoms with Gasteiger partial charge in [0.2, 0.25) is 0 Å². The molecular weight excluding hydrogens is 131 g/mol. The first kappa shape index (κ1) is 9.85. The van der Waals surface area contributed by atoms with E-state index in [1.807, 2.05) is 0 Å². The van der Waals surface area contributed by atoms with Gasteiger partial charge >= 0.3 is 0 Å². The van der Waals surface area contributed by atoms with Crippen LogP contribution in [-0.2, 0) is 0 Å². The lowest BCUT2D eigenvalue weighted by molar-refractivity contribution is 0.462. The summed E-state index contributed by atoms with van der Waals surface area (Å²) in [5.41, 5.74) is 5.29. The van der Waals surface area contributed by atoms with Crippen LogP contribution in [0.4, 0.5) is 4.39 Å². The van der Waals surface area contributed by atoms with Crippen LogP contribution in [0.5, 0.6) is 0 Å². The number of unbranched alkanes of at least 4 members (excludes halogenated alkanes) is 2. The largest absolute Gasteiger partial charge is 0.330 e. The van der Waals surface area contributed by atoms with Crippen molar-refractivity contribution in [2.24, 2.45) is 5.73 Å². The molecule has 0 aliphatic carbocycles. The number of nitrogens with two attached hydrogens (primary N) is 1. The maximum Gasteiger partial charge on any atom is 0.102 e. The number of hydrogen-bond donors (Lipinski definition) is 2. The van der Waals surface area contributed by atoms with Crippen molar-refractivity contribution in [3.8, 4) is 0 Å². The first-order chi connectivity index (χ1) is 4.91. The molecular formula is C7H17FN2. The van der Waals surface area contributed by atoms with Gasteiger partial charge in [0, 0.05) is 6.54 Å². The van der Waals surface area contributed by atoms with Gasteiger partial charge in [-0.3, -0.25) is 0 Å². The maximum atomic E-state index is 11.5. The van der Waals surface area contributed by atoms with E-state index in [1.165, 1.54) is 0 Å². The van der Waals surface area contributed by atoms with E-state index in [0.717, 1.165) is 32.4 Å². The third kappa shape index (κ3) is 7.85. The van der Waals surface area contributed by atoms with Crippen LogP contribution in [0.15, 0.2) is 0 Å². The third-order valence-electron chi connectivity index (χ3n) is 1.33. The Morgan fingerprint density at radius 3 is 2.50 bits per heavy atom. The average molecular weight is 148 g/mol. The fourth-order valence-corrected chi connectivity index (χ4v) is 0.763. The quantitative estimate of drug-likeness (QED) is 0.521. The molecule has 0 heterocycles. The second-order valence-electron chi connectivity index (χ2n) is 2.29. The summed E-state index contributed by atoms with van der Waals surface area (Å²) in [6.07, 6.45) is 3.34. The van der Waals surface area contributed by atoms with Gasteiger partial charge in [0.1, 0.15) is 6.67 Å². The Morgan fingerprint density at radius 2 is 1.90 bits per heavy atom. The fourth-order valence-electron chi connectivity index (χ4n) is 0.763. The minimum Gasteiger partial charge on any atom is -0.330 e. The van der Waals surface area contributed by atoms with Crippen LogP contribution in [-0.4, -0.2) is 26.3 Å². The van der Waals surface area contributed by atoms with Gasteiger partial charge in [-0.25, -0.2) is 4.39 Å². The van der Waals surface area contributed by atoms with Crippen molar-refractivity contribution in [1.29, 1.82) is 0 Å². The minimum absolute atomic E-state index is 0.267. The highest BCUT2D eigenvalue weighted by molar-refractivity contribution is 4.47. The lowest BCUT2D eigenvalue weighted by atomic mass is 10.2. The summed E-state index contributed by atoms with van der Waals surface area (Å²) >= 11 is 0. The molecule has 3 N–H and O–H groups in total. The van der Waals surface area contributed by atoms with Crippen molar-refractivity contribution in [2.75, 3.05) is 26.3 Å². The van der Waals surface area contributed by atoms with E-state index in [2.05, 4.69) is 5.32 Å². The van der Waals surface area contributed by atoms with Crippen LogP contribution >= 0.6 is 0 Å². The standard InChI is InChI=1S/C7H17FN2/c8-4-7-10-6-3-1-2-5-9/h10H,1-7,9H2. The van der Waals surface area contributed by atoms with E-state index in [9.17, 15) is 4.39 Å². The number of rotatable bonds is 7. The molecule has 0 rings (SSSR count). The van der Waals surface area contributed by atoms with Crippen LogP contribution in [0.3, 0.4) is 0 Å². The van der Waals surface area contributed by atoms with E-state index in [1.54, 1.807) is 0 Å². The van der Waals surface area contributed by atoms with Crippen molar-refractivity contribution in [2.45, 2.75) is 19.3 Å². The summed E-state index contributed by atoms with van der Waals surface area (Å²) in [6, 6.07) is 0. The first-order valence-electron chi connectivity index (χ1n) is 3.88. The van der Waals surface area contributed by atoms with Gasteiger partial charge in [-0.05, 0) is 25.9 Å². The van der Waals surface area contributed by atoms with Crippen molar-refractivity contribution in [3.63, 3.8) is 0 Å². The van der Waals surface area contributed by atoms with Crippen LogP contribution in [0.2, 0.25) is 0 Å². The molecule has 62 valence electrons. The first-order valence-corrected chi connectivity index (χ1v) is 3.88. The van der Waals surface area contributed by atoms with Crippen molar-refractivity contribution >= 4 is 0 Å². The van der Waals surface area contributed by atoms with E-state index >= 15 is 0 Å². The summed E-state index contributed by atoms with van der Waals surface area (Å²) in [5.74, 6) is 0. The Morgan fingerprint density at radius 1 is 1.10 bits per heavy atom. The van der Waals surface area contributed by atoms with E-state index in [-0.39, 0.29) is 6.67 Å². The van der Waals surface area contributed by atoms with E-state index in [0.29, 0.717) is 6.54 Å². The Bertz CT molecular complexity index is 51.6. The Labute approximate surface area is 62.0 Å². The zero-order valence-corrected chi connectivity index (χ0v) is 6.41. The summed E-state index contributed by atoms with van der Waals surface area (Å²) in [6.45, 7) is 1.91. The molecule has 0 aromatic carbocycles. The number of hydrogen-bond acceptors (Lipinski definition) is 2. The van der Waals surface area contributed by atoms with Crippen LogP contribution in [0, 0.1) is 0 Å². The predicted molar refractivity (Wildman–Crippen MR) is 41.8 cm³/mol. The predicted octanol–water partition coefficient (Wildman–Crippen LogP) is 0.675. The SMILES string of the molecule is NCCCCCNCCF. The van der Waals surface area contributed by atoms with E-state index in [4.69, 9.17) is 5.73 Å². The molecule has 0 radical (unpaired) electrons. The van der Waals surface area contributed by atoms with Crippen LogP contribution in [0.25, 0.3) is 0 Å². The molecule has 0 bridgehead atoms. The number of halogens is 1. The van der Waals surface area contributed by atoms with Crippen LogP contribution < -0.4 is 11.1 Å². The molecule has 0 amide bonds. The lowest BCUT2D eigenvalue weighted by Gasteiger charge is -1.99. The Hall–Kier alpha value is -0.150. The normalized spacial score (nSPS) is 10.2. The summed E-state index contributed by atoms with van der Waals surface area (Å²) < 4.78 is 11.5. The molecule has 0 spiro atoms. The summed E-state index contributed by atoms with van der Waals surface area (Å²) in [5, 5.41) is 2.98. The third-order valence-corrected chi connectivity index (χ3v) is 1.33. The molecule has 0 saturated heterocycles. The minimum atomic E-state index is -0.267. The molecule has 2 nitrogen and oxygen atoms in total. The zero-order valence-electron chi connectivity index (χ0n) is 6.41. The molecule has 0 aromatic rings. The Balaban J connectivity index is 2.65. The van der Waals surface area contributed by atoms with Crippen molar-refractivity contribution in [1.82, 2.24) is 5.32 Å². The molecule has 0 aliphatic rings. The highest BCUT2D eigenvalue weighted by Crippen LogP contribution is 1.90. The molecule has 0 saturated carbocycles.